The van der Waals surface area contributed by atoms with Crippen LogP contribution in [0.1, 0.15) is 11.1 Å². The second kappa shape index (κ2) is 7.22. The first-order valence-electron chi connectivity index (χ1n) is 8.70. The number of nitrogens with zero attached hydrogens (tertiary/aromatic N) is 4. The van der Waals surface area contributed by atoms with Crippen molar-refractivity contribution in [2.24, 2.45) is 0 Å². The van der Waals surface area contributed by atoms with E-state index < -0.39 is 27.8 Å². The summed E-state index contributed by atoms with van der Waals surface area (Å²) in [5.74, 6) is -2.81. The number of Topliss-reactive ketones (excluding diaryl/α,β-unsaturated/α-hetero) is 1. The van der Waals surface area contributed by atoms with Crippen molar-refractivity contribution >= 4 is 21.8 Å². The number of rotatable bonds is 5. The van der Waals surface area contributed by atoms with Crippen LogP contribution >= 0.6 is 0 Å². The molecule has 0 radical (unpaired) electrons. The van der Waals surface area contributed by atoms with Crippen LogP contribution < -0.4 is 0 Å². The molecule has 0 spiro atoms. The Morgan fingerprint density at radius 1 is 0.966 bits per heavy atom. The Balaban J connectivity index is 1.73. The van der Waals surface area contributed by atoms with E-state index in [2.05, 4.69) is 10.2 Å². The number of carboxylic acids is 1. The van der Waals surface area contributed by atoms with Crippen LogP contribution in [0.15, 0.2) is 65.8 Å². The number of aromatic nitrogens is 3. The maximum absolute atomic E-state index is 13.3. The van der Waals surface area contributed by atoms with Crippen molar-refractivity contribution in [1.29, 1.82) is 0 Å². The van der Waals surface area contributed by atoms with Crippen molar-refractivity contribution in [1.82, 2.24) is 19.3 Å². The highest BCUT2D eigenvalue weighted by Crippen LogP contribution is 2.30. The molecule has 2 aromatic carbocycles. The molecule has 148 valence electrons. The van der Waals surface area contributed by atoms with E-state index in [4.69, 9.17) is 0 Å². The third kappa shape index (κ3) is 3.43. The fourth-order valence-corrected chi connectivity index (χ4v) is 4.92. The number of carbonyl (C=O) groups is 2. The zero-order valence-corrected chi connectivity index (χ0v) is 15.9. The molecule has 10 heteroatoms. The van der Waals surface area contributed by atoms with E-state index >= 15 is 0 Å². The van der Waals surface area contributed by atoms with Crippen molar-refractivity contribution in [2.45, 2.75) is 23.9 Å². The van der Waals surface area contributed by atoms with Crippen LogP contribution in [0.3, 0.4) is 0 Å². The van der Waals surface area contributed by atoms with Crippen LogP contribution in [-0.2, 0) is 32.6 Å². The van der Waals surface area contributed by atoms with Gasteiger partial charge in [0.2, 0.25) is 10.0 Å². The molecule has 1 atom stereocenters. The molecule has 1 aliphatic heterocycles. The Morgan fingerprint density at radius 2 is 1.59 bits per heavy atom. The highest BCUT2D eigenvalue weighted by molar-refractivity contribution is 7.89. The predicted octanol–water partition coefficient (Wildman–Crippen LogP) is 1.04. The zero-order chi connectivity index (χ0) is 20.6. The molecular formula is C19H16N4O5S. The zero-order valence-electron chi connectivity index (χ0n) is 15.0. The molecule has 2 heterocycles. The third-order valence-electron chi connectivity index (χ3n) is 4.81. The fourth-order valence-electron chi connectivity index (χ4n) is 3.35. The minimum atomic E-state index is -4.12. The summed E-state index contributed by atoms with van der Waals surface area (Å²) in [6.07, 6.45) is 3.01. The van der Waals surface area contributed by atoms with Gasteiger partial charge in [-0.3, -0.25) is 4.79 Å². The Labute approximate surface area is 166 Å². The highest BCUT2D eigenvalue weighted by atomic mass is 32.2. The monoisotopic (exact) mass is 412 g/mol. The lowest BCUT2D eigenvalue weighted by Crippen LogP contribution is -2.50. The van der Waals surface area contributed by atoms with Gasteiger partial charge in [-0.1, -0.05) is 24.3 Å². The molecule has 1 aliphatic rings. The molecule has 1 N–H and O–H groups in total. The molecule has 0 aliphatic carbocycles. The largest absolute Gasteiger partial charge is 0.475 e. The minimum absolute atomic E-state index is 0.00975. The summed E-state index contributed by atoms with van der Waals surface area (Å²) >= 11 is 0. The van der Waals surface area contributed by atoms with E-state index in [0.717, 1.165) is 15.4 Å². The normalized spacial score (nSPS) is 16.9. The van der Waals surface area contributed by atoms with E-state index in [1.54, 1.807) is 36.4 Å². The summed E-state index contributed by atoms with van der Waals surface area (Å²) in [4.78, 5) is 24.9. The summed E-state index contributed by atoms with van der Waals surface area (Å²) in [5, 5.41) is 17.2. The molecular weight excluding hydrogens is 396 g/mol. The number of carbonyl (C=O) groups excluding carboxylic acids is 1. The van der Waals surface area contributed by atoms with Crippen molar-refractivity contribution < 1.29 is 23.1 Å². The van der Waals surface area contributed by atoms with Crippen LogP contribution in [0.4, 0.5) is 0 Å². The molecule has 0 saturated carbocycles. The number of benzene rings is 2. The van der Waals surface area contributed by atoms with E-state index in [0.29, 0.717) is 5.69 Å². The standard InChI is InChI=1S/C19H16N4O5S/c24-18(19(25)26)17-11-13-3-1-2-4-14(13)12-22(17)29(27,28)16-7-5-15(6-8-16)23-20-9-10-21-23/h1-10,17H,11-12H2,(H,25,26)/t17-/m1/s1. The highest BCUT2D eigenvalue weighted by Gasteiger charge is 2.41. The third-order valence-corrected chi connectivity index (χ3v) is 6.68. The van der Waals surface area contributed by atoms with Gasteiger partial charge in [0.05, 0.1) is 29.0 Å². The quantitative estimate of drug-likeness (QED) is 0.621. The van der Waals surface area contributed by atoms with Crippen LogP contribution in [0, 0.1) is 0 Å². The van der Waals surface area contributed by atoms with Crippen molar-refractivity contribution in [2.75, 3.05) is 0 Å². The number of ketones is 1. The lowest BCUT2D eigenvalue weighted by molar-refractivity contribution is -0.151. The van der Waals surface area contributed by atoms with Gasteiger partial charge in [0.1, 0.15) is 0 Å². The number of aliphatic carboxylic acids is 1. The molecule has 0 amide bonds. The molecule has 29 heavy (non-hydrogen) atoms. The Hall–Kier alpha value is -3.37. The van der Waals surface area contributed by atoms with Gasteiger partial charge in [-0.05, 0) is 41.8 Å². The first-order chi connectivity index (χ1) is 13.9. The Bertz CT molecular complexity index is 1170. The lowest BCUT2D eigenvalue weighted by Gasteiger charge is -2.34. The first-order valence-corrected chi connectivity index (χ1v) is 10.1. The molecule has 0 bridgehead atoms. The maximum atomic E-state index is 13.3. The van der Waals surface area contributed by atoms with Crippen molar-refractivity contribution in [3.63, 3.8) is 0 Å². The summed E-state index contributed by atoms with van der Waals surface area (Å²) in [7, 11) is -4.12. The Morgan fingerprint density at radius 3 is 2.21 bits per heavy atom. The van der Waals surface area contributed by atoms with E-state index in [-0.39, 0.29) is 17.9 Å². The average Bonchev–Trinajstić information content (AvgIpc) is 3.27. The number of hydrogen-bond acceptors (Lipinski definition) is 6. The van der Waals surface area contributed by atoms with Crippen molar-refractivity contribution in [3.05, 3.63) is 72.1 Å². The average molecular weight is 412 g/mol. The van der Waals surface area contributed by atoms with Crippen LogP contribution in [0.2, 0.25) is 0 Å². The van der Waals surface area contributed by atoms with Gasteiger partial charge in [0.25, 0.3) is 5.78 Å². The maximum Gasteiger partial charge on any atom is 0.373 e. The topological polar surface area (TPSA) is 122 Å². The summed E-state index contributed by atoms with van der Waals surface area (Å²) in [6, 6.07) is 11.6. The van der Waals surface area contributed by atoms with Gasteiger partial charge in [-0.15, -0.1) is 0 Å². The molecule has 0 fully saturated rings. The van der Waals surface area contributed by atoms with Gasteiger partial charge >= 0.3 is 5.97 Å². The summed E-state index contributed by atoms with van der Waals surface area (Å²) in [5.41, 5.74) is 2.07. The second-order valence-corrected chi connectivity index (χ2v) is 8.41. The molecule has 9 nitrogen and oxygen atoms in total. The number of carboxylic acid groups (broad SMARTS) is 1. The van der Waals surface area contributed by atoms with E-state index in [1.165, 1.54) is 29.3 Å². The molecule has 3 aromatic rings. The fraction of sp³-hybridized carbons (Fsp3) is 0.158. The summed E-state index contributed by atoms with van der Waals surface area (Å²) < 4.78 is 27.5. The minimum Gasteiger partial charge on any atom is -0.475 e. The predicted molar refractivity (Wildman–Crippen MR) is 101 cm³/mol. The summed E-state index contributed by atoms with van der Waals surface area (Å²) in [6.45, 7) is -0.0787. The van der Waals surface area contributed by atoms with Gasteiger partial charge in [-0.25, -0.2) is 13.2 Å². The van der Waals surface area contributed by atoms with Crippen LogP contribution in [0.5, 0.6) is 0 Å². The molecule has 1 aromatic heterocycles. The van der Waals surface area contributed by atoms with Gasteiger partial charge in [0.15, 0.2) is 0 Å². The molecule has 0 saturated heterocycles. The van der Waals surface area contributed by atoms with Crippen molar-refractivity contribution in [3.8, 4) is 5.69 Å². The van der Waals surface area contributed by atoms with Gasteiger partial charge < -0.3 is 5.11 Å². The number of sulfonamides is 1. The van der Waals surface area contributed by atoms with Gasteiger partial charge in [-0.2, -0.15) is 19.3 Å². The van der Waals surface area contributed by atoms with Crippen LogP contribution in [-0.4, -0.2) is 50.6 Å². The number of fused-ring (bicyclic) bond motifs is 1. The second-order valence-electron chi connectivity index (χ2n) is 6.52. The first kappa shape index (κ1) is 19.0. The lowest BCUT2D eigenvalue weighted by atomic mass is 9.94. The Kier molecular flexibility index (Phi) is 4.73. The van der Waals surface area contributed by atoms with E-state index in [9.17, 15) is 23.1 Å². The van der Waals surface area contributed by atoms with Crippen LogP contribution in [0.25, 0.3) is 5.69 Å². The number of hydrogen-bond donors (Lipinski definition) is 1. The smallest absolute Gasteiger partial charge is 0.373 e. The molecule has 0 unspecified atom stereocenters. The SMILES string of the molecule is O=C(O)C(=O)[C@H]1Cc2ccccc2CN1S(=O)(=O)c1ccc(-n2nccn2)cc1. The molecule has 4 rings (SSSR count). The van der Waals surface area contributed by atoms with Gasteiger partial charge in [0, 0.05) is 6.54 Å². The van der Waals surface area contributed by atoms with E-state index in [1.807, 2.05) is 0 Å².